The highest BCUT2D eigenvalue weighted by Gasteiger charge is 2.48. The molecule has 0 N–H and O–H groups in total. The molecular formula is C9H11F4O. The normalized spacial score (nSPS) is 37.7. The fraction of sp³-hybridized carbons (Fsp3) is 0.889. The van der Waals surface area contributed by atoms with Crippen LogP contribution in [0.25, 0.3) is 0 Å². The minimum Gasteiger partial charge on any atom is -0.374 e. The van der Waals surface area contributed by atoms with Gasteiger partial charge in [0.15, 0.2) is 0 Å². The van der Waals surface area contributed by atoms with E-state index < -0.39 is 24.4 Å². The highest BCUT2D eigenvalue weighted by atomic mass is 19.3. The highest BCUT2D eigenvalue weighted by molar-refractivity contribution is 5.07. The van der Waals surface area contributed by atoms with Gasteiger partial charge in [0.2, 0.25) is 12.1 Å². The Morgan fingerprint density at radius 1 is 1.36 bits per heavy atom. The minimum absolute atomic E-state index is 0.0228. The van der Waals surface area contributed by atoms with Crippen molar-refractivity contribution in [3.05, 3.63) is 6.17 Å². The monoisotopic (exact) mass is 211 g/mol. The quantitative estimate of drug-likeness (QED) is 0.652. The maximum atomic E-state index is 12.6. The molecule has 0 aromatic carbocycles. The Labute approximate surface area is 79.4 Å². The van der Waals surface area contributed by atoms with Crippen LogP contribution in [0.5, 0.6) is 0 Å². The van der Waals surface area contributed by atoms with Gasteiger partial charge in [-0.15, -0.1) is 0 Å². The Hall–Kier alpha value is -0.320. The standard InChI is InChI=1S/C9H11F4O/c10-6-1-7(8(6)11)14-4-5-2-9(12,13)3-5/h5-7H,1-4H2. The Balaban J connectivity index is 1.61. The molecule has 0 heterocycles. The zero-order valence-electron chi connectivity index (χ0n) is 7.48. The summed E-state index contributed by atoms with van der Waals surface area (Å²) in [6.45, 7) is 0.112. The van der Waals surface area contributed by atoms with Gasteiger partial charge in [-0.05, 0) is 5.92 Å². The molecule has 5 heteroatoms. The third-order valence-corrected chi connectivity index (χ3v) is 2.74. The van der Waals surface area contributed by atoms with Crippen molar-refractivity contribution >= 4 is 0 Å². The molecule has 2 atom stereocenters. The summed E-state index contributed by atoms with van der Waals surface area (Å²) in [5.41, 5.74) is 0. The Morgan fingerprint density at radius 2 is 2.00 bits per heavy atom. The van der Waals surface area contributed by atoms with Crippen LogP contribution in [0.15, 0.2) is 0 Å². The summed E-state index contributed by atoms with van der Waals surface area (Å²) < 4.78 is 54.5. The molecule has 0 aromatic heterocycles. The van der Waals surface area contributed by atoms with Gasteiger partial charge >= 0.3 is 0 Å². The predicted molar refractivity (Wildman–Crippen MR) is 41.3 cm³/mol. The van der Waals surface area contributed by atoms with E-state index in [1.807, 2.05) is 0 Å². The summed E-state index contributed by atoms with van der Waals surface area (Å²) in [4.78, 5) is 0. The number of hydrogen-bond donors (Lipinski definition) is 0. The van der Waals surface area contributed by atoms with Gasteiger partial charge in [-0.1, -0.05) is 0 Å². The van der Waals surface area contributed by atoms with Crippen LogP contribution >= 0.6 is 0 Å². The summed E-state index contributed by atoms with van der Waals surface area (Å²) in [6.07, 6.45) is -3.46. The van der Waals surface area contributed by atoms with Gasteiger partial charge in [0, 0.05) is 19.3 Å². The fourth-order valence-corrected chi connectivity index (χ4v) is 1.76. The summed E-state index contributed by atoms with van der Waals surface area (Å²) in [5.74, 6) is -2.77. The molecule has 0 aromatic rings. The average Bonchev–Trinajstić information content (AvgIpc) is 2.07. The second-order valence-corrected chi connectivity index (χ2v) is 4.04. The van der Waals surface area contributed by atoms with Gasteiger partial charge in [-0.2, -0.15) is 0 Å². The number of hydrogen-bond acceptors (Lipinski definition) is 1. The first-order chi connectivity index (χ1) is 6.48. The average molecular weight is 211 g/mol. The lowest BCUT2D eigenvalue weighted by Gasteiger charge is -2.38. The minimum atomic E-state index is -2.57. The van der Waals surface area contributed by atoms with Crippen molar-refractivity contribution in [2.45, 2.75) is 37.5 Å². The van der Waals surface area contributed by atoms with Crippen molar-refractivity contribution in [1.29, 1.82) is 0 Å². The zero-order valence-corrected chi connectivity index (χ0v) is 7.48. The Kier molecular flexibility index (Phi) is 2.45. The van der Waals surface area contributed by atoms with Crippen LogP contribution in [0.1, 0.15) is 19.3 Å². The van der Waals surface area contributed by atoms with Crippen molar-refractivity contribution in [3.8, 4) is 0 Å². The van der Waals surface area contributed by atoms with Gasteiger partial charge in [0.05, 0.1) is 6.61 Å². The van der Waals surface area contributed by atoms with E-state index in [1.54, 1.807) is 0 Å². The molecule has 0 spiro atoms. The largest absolute Gasteiger partial charge is 0.374 e. The van der Waals surface area contributed by atoms with E-state index in [0.717, 1.165) is 0 Å². The molecular weight excluding hydrogens is 200 g/mol. The van der Waals surface area contributed by atoms with E-state index in [0.29, 0.717) is 0 Å². The molecule has 2 aliphatic rings. The second-order valence-electron chi connectivity index (χ2n) is 4.04. The van der Waals surface area contributed by atoms with Crippen LogP contribution in [-0.2, 0) is 4.74 Å². The van der Waals surface area contributed by atoms with Gasteiger partial charge in [0.1, 0.15) is 12.3 Å². The number of halogens is 4. The molecule has 2 fully saturated rings. The third kappa shape index (κ3) is 1.87. The molecule has 2 aliphatic carbocycles. The van der Waals surface area contributed by atoms with E-state index in [-0.39, 0.29) is 31.8 Å². The predicted octanol–water partition coefficient (Wildman–Crippen LogP) is 2.66. The Morgan fingerprint density at radius 3 is 2.43 bits per heavy atom. The molecule has 2 rings (SSSR count). The van der Waals surface area contributed by atoms with E-state index >= 15 is 0 Å². The van der Waals surface area contributed by atoms with Crippen LogP contribution in [-0.4, -0.2) is 24.8 Å². The van der Waals surface area contributed by atoms with Crippen molar-refractivity contribution < 1.29 is 22.3 Å². The summed E-state index contributed by atoms with van der Waals surface area (Å²) in [6, 6.07) is 0. The summed E-state index contributed by atoms with van der Waals surface area (Å²) in [7, 11) is 0. The number of rotatable bonds is 3. The van der Waals surface area contributed by atoms with E-state index in [1.165, 1.54) is 0 Å². The molecule has 2 saturated carbocycles. The maximum absolute atomic E-state index is 12.6. The molecule has 0 bridgehead atoms. The van der Waals surface area contributed by atoms with Gasteiger partial charge < -0.3 is 4.74 Å². The van der Waals surface area contributed by atoms with Crippen molar-refractivity contribution in [2.75, 3.05) is 6.61 Å². The van der Waals surface area contributed by atoms with E-state index in [2.05, 4.69) is 0 Å². The smallest absolute Gasteiger partial charge is 0.248 e. The first-order valence-electron chi connectivity index (χ1n) is 4.64. The summed E-state index contributed by atoms with van der Waals surface area (Å²) in [5, 5.41) is 0. The molecule has 81 valence electrons. The lowest BCUT2D eigenvalue weighted by molar-refractivity contribution is -0.146. The van der Waals surface area contributed by atoms with Gasteiger partial charge in [-0.25, -0.2) is 17.6 Å². The second kappa shape index (κ2) is 3.36. The summed E-state index contributed by atoms with van der Waals surface area (Å²) >= 11 is 0. The van der Waals surface area contributed by atoms with Crippen LogP contribution in [0.3, 0.4) is 0 Å². The lowest BCUT2D eigenvalue weighted by atomic mass is 9.82. The van der Waals surface area contributed by atoms with Crippen LogP contribution < -0.4 is 0 Å². The van der Waals surface area contributed by atoms with E-state index in [9.17, 15) is 17.6 Å². The number of alkyl halides is 3. The van der Waals surface area contributed by atoms with Crippen molar-refractivity contribution in [3.63, 3.8) is 0 Å². The number of ether oxygens (including phenoxy) is 1. The molecule has 14 heavy (non-hydrogen) atoms. The molecule has 1 nitrogen and oxygen atoms in total. The maximum Gasteiger partial charge on any atom is 0.248 e. The zero-order chi connectivity index (χ0) is 10.3. The molecule has 1 radical (unpaired) electrons. The van der Waals surface area contributed by atoms with Crippen LogP contribution in [0.4, 0.5) is 17.6 Å². The van der Waals surface area contributed by atoms with Gasteiger partial charge in [0.25, 0.3) is 0 Å². The highest BCUT2D eigenvalue weighted by Crippen LogP contribution is 2.44. The van der Waals surface area contributed by atoms with Crippen molar-refractivity contribution in [2.24, 2.45) is 5.92 Å². The van der Waals surface area contributed by atoms with Crippen LogP contribution in [0.2, 0.25) is 0 Å². The van der Waals surface area contributed by atoms with E-state index in [4.69, 9.17) is 4.74 Å². The van der Waals surface area contributed by atoms with Gasteiger partial charge in [-0.3, -0.25) is 0 Å². The fourth-order valence-electron chi connectivity index (χ4n) is 1.76. The molecule has 0 aliphatic heterocycles. The SMILES string of the molecule is F[C]1C(F)CC1OCC1CC(F)(F)C1. The van der Waals surface area contributed by atoms with Crippen LogP contribution in [0, 0.1) is 12.1 Å². The Bertz CT molecular complexity index is 213. The third-order valence-electron chi connectivity index (χ3n) is 2.74. The topological polar surface area (TPSA) is 9.23 Å². The first-order valence-corrected chi connectivity index (χ1v) is 4.64. The van der Waals surface area contributed by atoms with Crippen molar-refractivity contribution in [1.82, 2.24) is 0 Å². The molecule has 0 saturated heterocycles. The molecule has 2 unspecified atom stereocenters. The molecule has 0 amide bonds. The lowest BCUT2D eigenvalue weighted by Crippen LogP contribution is -2.44. The first kappa shape index (κ1) is 10.2.